The first kappa shape index (κ1) is 20.5. The van der Waals surface area contributed by atoms with Gasteiger partial charge in [0, 0.05) is 6.54 Å². The Hall–Kier alpha value is -2.86. The molecule has 1 atom stereocenters. The van der Waals surface area contributed by atoms with Gasteiger partial charge in [0.25, 0.3) is 0 Å². The van der Waals surface area contributed by atoms with Gasteiger partial charge in [0.15, 0.2) is 0 Å². The van der Waals surface area contributed by atoms with Gasteiger partial charge in [-0.1, -0.05) is 36.4 Å². The van der Waals surface area contributed by atoms with E-state index in [2.05, 4.69) is 10.6 Å². The van der Waals surface area contributed by atoms with E-state index in [1.54, 1.807) is 19.1 Å². The normalized spacial score (nSPS) is 12.7. The Kier molecular flexibility index (Phi) is 6.96. The van der Waals surface area contributed by atoms with Crippen molar-refractivity contribution in [3.8, 4) is 5.75 Å². The van der Waals surface area contributed by atoms with E-state index >= 15 is 0 Å². The fourth-order valence-corrected chi connectivity index (χ4v) is 2.60. The SMILES string of the molecule is COc1ccc(C)cc1NC(=O)C(=O)NCC(C)(O)CCc1ccccc1. The van der Waals surface area contributed by atoms with Crippen LogP contribution in [0, 0.1) is 6.92 Å². The van der Waals surface area contributed by atoms with E-state index in [1.807, 2.05) is 43.3 Å². The van der Waals surface area contributed by atoms with Crippen molar-refractivity contribution in [3.63, 3.8) is 0 Å². The first-order valence-electron chi connectivity index (χ1n) is 8.81. The highest BCUT2D eigenvalue weighted by Crippen LogP contribution is 2.25. The lowest BCUT2D eigenvalue weighted by atomic mass is 9.97. The molecule has 0 saturated heterocycles. The maximum atomic E-state index is 12.1. The topological polar surface area (TPSA) is 87.7 Å². The third kappa shape index (κ3) is 6.42. The molecule has 6 heteroatoms. The average molecular weight is 370 g/mol. The maximum Gasteiger partial charge on any atom is 0.313 e. The number of carbonyl (C=O) groups is 2. The molecule has 0 aliphatic rings. The zero-order chi connectivity index (χ0) is 19.9. The highest BCUT2D eigenvalue weighted by atomic mass is 16.5. The molecule has 2 rings (SSSR count). The van der Waals surface area contributed by atoms with Crippen LogP contribution in [0.5, 0.6) is 5.75 Å². The van der Waals surface area contributed by atoms with Crippen molar-refractivity contribution >= 4 is 17.5 Å². The first-order valence-corrected chi connectivity index (χ1v) is 8.81. The van der Waals surface area contributed by atoms with Crippen molar-refractivity contribution in [1.29, 1.82) is 0 Å². The zero-order valence-electron chi connectivity index (χ0n) is 15.9. The molecule has 0 spiro atoms. The Balaban J connectivity index is 1.87. The smallest absolute Gasteiger partial charge is 0.313 e. The summed E-state index contributed by atoms with van der Waals surface area (Å²) in [7, 11) is 1.49. The van der Waals surface area contributed by atoms with Gasteiger partial charge < -0.3 is 20.5 Å². The van der Waals surface area contributed by atoms with Gasteiger partial charge in [-0.05, 0) is 49.9 Å². The van der Waals surface area contributed by atoms with Gasteiger partial charge in [0.1, 0.15) is 5.75 Å². The van der Waals surface area contributed by atoms with E-state index in [9.17, 15) is 14.7 Å². The number of hydrogen-bond acceptors (Lipinski definition) is 4. The molecule has 0 fully saturated rings. The van der Waals surface area contributed by atoms with Gasteiger partial charge >= 0.3 is 11.8 Å². The van der Waals surface area contributed by atoms with Crippen molar-refractivity contribution in [3.05, 3.63) is 59.7 Å². The Morgan fingerprint density at radius 2 is 1.81 bits per heavy atom. The monoisotopic (exact) mass is 370 g/mol. The summed E-state index contributed by atoms with van der Waals surface area (Å²) < 4.78 is 5.18. The second-order valence-electron chi connectivity index (χ2n) is 6.82. The zero-order valence-corrected chi connectivity index (χ0v) is 15.9. The molecule has 6 nitrogen and oxygen atoms in total. The number of nitrogens with one attached hydrogen (secondary N) is 2. The highest BCUT2D eigenvalue weighted by Gasteiger charge is 2.23. The molecule has 1 unspecified atom stereocenters. The summed E-state index contributed by atoms with van der Waals surface area (Å²) in [5.74, 6) is -1.15. The van der Waals surface area contributed by atoms with Gasteiger partial charge in [0.05, 0.1) is 18.4 Å². The van der Waals surface area contributed by atoms with Crippen LogP contribution in [0.25, 0.3) is 0 Å². The van der Waals surface area contributed by atoms with Gasteiger partial charge in [-0.3, -0.25) is 9.59 Å². The van der Waals surface area contributed by atoms with E-state index < -0.39 is 17.4 Å². The summed E-state index contributed by atoms with van der Waals surface area (Å²) in [5, 5.41) is 15.5. The Morgan fingerprint density at radius 3 is 2.48 bits per heavy atom. The molecule has 0 aliphatic heterocycles. The number of methoxy groups -OCH3 is 1. The molecule has 2 aromatic rings. The number of anilines is 1. The lowest BCUT2D eigenvalue weighted by Gasteiger charge is -2.23. The number of aryl methyl sites for hydroxylation is 2. The minimum absolute atomic E-state index is 0.0168. The summed E-state index contributed by atoms with van der Waals surface area (Å²) in [5.41, 5.74) is 1.34. The van der Waals surface area contributed by atoms with Crippen LogP contribution >= 0.6 is 0 Å². The highest BCUT2D eigenvalue weighted by molar-refractivity contribution is 6.39. The quantitative estimate of drug-likeness (QED) is 0.653. The van der Waals surface area contributed by atoms with Crippen LogP contribution < -0.4 is 15.4 Å². The molecule has 0 aliphatic carbocycles. The van der Waals surface area contributed by atoms with Crippen molar-refractivity contribution < 1.29 is 19.4 Å². The molecule has 0 aromatic heterocycles. The lowest BCUT2D eigenvalue weighted by molar-refractivity contribution is -0.136. The van der Waals surface area contributed by atoms with Gasteiger partial charge in [-0.15, -0.1) is 0 Å². The molecule has 0 heterocycles. The third-order valence-electron chi connectivity index (χ3n) is 4.23. The Morgan fingerprint density at radius 1 is 1.11 bits per heavy atom. The second-order valence-corrected chi connectivity index (χ2v) is 6.82. The fourth-order valence-electron chi connectivity index (χ4n) is 2.60. The molecule has 0 saturated carbocycles. The fraction of sp³-hybridized carbons (Fsp3) is 0.333. The molecule has 0 bridgehead atoms. The minimum atomic E-state index is -1.12. The van der Waals surface area contributed by atoms with Crippen LogP contribution in [-0.4, -0.2) is 36.2 Å². The lowest BCUT2D eigenvalue weighted by Crippen LogP contribution is -2.44. The standard InChI is InChI=1S/C21H26N2O4/c1-15-9-10-18(27-3)17(13-15)23-20(25)19(24)22-14-21(2,26)12-11-16-7-5-4-6-8-16/h4-10,13,26H,11-12,14H2,1-3H3,(H,22,24)(H,23,25). The number of ether oxygens (including phenoxy) is 1. The Labute approximate surface area is 159 Å². The minimum Gasteiger partial charge on any atom is -0.495 e. The van der Waals surface area contributed by atoms with Crippen LogP contribution in [0.4, 0.5) is 5.69 Å². The average Bonchev–Trinajstić information content (AvgIpc) is 2.65. The number of benzene rings is 2. The molecule has 2 amide bonds. The molecule has 3 N–H and O–H groups in total. The van der Waals surface area contributed by atoms with E-state index in [-0.39, 0.29) is 6.54 Å². The van der Waals surface area contributed by atoms with E-state index in [0.717, 1.165) is 11.1 Å². The van der Waals surface area contributed by atoms with Crippen molar-refractivity contribution in [1.82, 2.24) is 5.32 Å². The number of aliphatic hydroxyl groups is 1. The van der Waals surface area contributed by atoms with Crippen LogP contribution in [0.2, 0.25) is 0 Å². The predicted octanol–water partition coefficient (Wildman–Crippen LogP) is 2.44. The number of hydrogen-bond donors (Lipinski definition) is 3. The van der Waals surface area contributed by atoms with E-state index in [4.69, 9.17) is 4.74 Å². The predicted molar refractivity (Wildman–Crippen MR) is 105 cm³/mol. The second kappa shape index (κ2) is 9.19. The van der Waals surface area contributed by atoms with Crippen molar-refractivity contribution in [2.75, 3.05) is 19.0 Å². The summed E-state index contributed by atoms with van der Waals surface area (Å²) in [6, 6.07) is 15.1. The number of carbonyl (C=O) groups excluding carboxylic acids is 2. The van der Waals surface area contributed by atoms with Crippen LogP contribution in [-0.2, 0) is 16.0 Å². The summed E-state index contributed by atoms with van der Waals surface area (Å²) >= 11 is 0. The van der Waals surface area contributed by atoms with Crippen LogP contribution in [0.15, 0.2) is 48.5 Å². The van der Waals surface area contributed by atoms with E-state index in [1.165, 1.54) is 7.11 Å². The van der Waals surface area contributed by atoms with Gasteiger partial charge in [0.2, 0.25) is 0 Å². The van der Waals surface area contributed by atoms with Crippen molar-refractivity contribution in [2.45, 2.75) is 32.3 Å². The largest absolute Gasteiger partial charge is 0.495 e. The van der Waals surface area contributed by atoms with E-state index in [0.29, 0.717) is 24.3 Å². The summed E-state index contributed by atoms with van der Waals surface area (Å²) in [4.78, 5) is 24.2. The summed E-state index contributed by atoms with van der Waals surface area (Å²) in [6.07, 6.45) is 1.14. The first-order chi connectivity index (χ1) is 12.8. The Bertz CT molecular complexity index is 788. The third-order valence-corrected chi connectivity index (χ3v) is 4.23. The molecule has 27 heavy (non-hydrogen) atoms. The molecule has 0 radical (unpaired) electrons. The van der Waals surface area contributed by atoms with Crippen molar-refractivity contribution in [2.24, 2.45) is 0 Å². The van der Waals surface area contributed by atoms with Gasteiger partial charge in [-0.2, -0.15) is 0 Å². The maximum absolute atomic E-state index is 12.1. The summed E-state index contributed by atoms with van der Waals surface area (Å²) in [6.45, 7) is 3.49. The van der Waals surface area contributed by atoms with Gasteiger partial charge in [-0.25, -0.2) is 0 Å². The molecule has 2 aromatic carbocycles. The van der Waals surface area contributed by atoms with Crippen LogP contribution in [0.3, 0.4) is 0 Å². The molecule has 144 valence electrons. The number of rotatable bonds is 7. The molecular formula is C21H26N2O4. The molecular weight excluding hydrogens is 344 g/mol. The number of amides is 2. The van der Waals surface area contributed by atoms with Crippen LogP contribution in [0.1, 0.15) is 24.5 Å².